The molecule has 1 aromatic carbocycles. The molecule has 1 atom stereocenters. The Kier molecular flexibility index (Phi) is 6.88. The molecule has 3 rings (SSSR count). The van der Waals surface area contributed by atoms with Gasteiger partial charge < -0.3 is 10.6 Å². The van der Waals surface area contributed by atoms with E-state index in [9.17, 15) is 4.79 Å². The van der Waals surface area contributed by atoms with Crippen molar-refractivity contribution in [3.63, 3.8) is 0 Å². The highest BCUT2D eigenvalue weighted by Gasteiger charge is 2.29. The van der Waals surface area contributed by atoms with Crippen LogP contribution in [0.1, 0.15) is 56.6 Å². The molecule has 2 N–H and O–H groups in total. The van der Waals surface area contributed by atoms with Gasteiger partial charge in [-0.3, -0.25) is 9.69 Å². The van der Waals surface area contributed by atoms with Crippen LogP contribution >= 0.6 is 0 Å². The molecule has 1 aliphatic carbocycles. The monoisotopic (exact) mass is 343 g/mol. The summed E-state index contributed by atoms with van der Waals surface area (Å²) < 4.78 is 0. The summed E-state index contributed by atoms with van der Waals surface area (Å²) in [6.07, 6.45) is 9.11. The standard InChI is InChI=1S/C21H33N3O/c1-22-20(25)16-24-14-12-19(13-15-24)23-21(17-8-4-2-5-9-17)18-10-6-3-7-11-18/h2,4-5,8-9,18-19,21,23H,3,6-7,10-16H2,1H3,(H,22,25). The molecule has 25 heavy (non-hydrogen) atoms. The molecular formula is C21H33N3O. The van der Waals surface area contributed by atoms with Crippen LogP contribution in [0.5, 0.6) is 0 Å². The Morgan fingerprint density at radius 2 is 1.76 bits per heavy atom. The van der Waals surface area contributed by atoms with Gasteiger partial charge in [-0.2, -0.15) is 0 Å². The van der Waals surface area contributed by atoms with Crippen LogP contribution in [-0.4, -0.2) is 43.5 Å². The molecule has 4 nitrogen and oxygen atoms in total. The summed E-state index contributed by atoms with van der Waals surface area (Å²) in [5.41, 5.74) is 1.45. The van der Waals surface area contributed by atoms with Crippen molar-refractivity contribution in [2.45, 2.75) is 57.0 Å². The largest absolute Gasteiger partial charge is 0.358 e. The smallest absolute Gasteiger partial charge is 0.233 e. The van der Waals surface area contributed by atoms with Crippen molar-refractivity contribution in [1.29, 1.82) is 0 Å². The molecule has 0 bridgehead atoms. The number of benzene rings is 1. The third-order valence-corrected chi connectivity index (χ3v) is 5.93. The minimum atomic E-state index is 0.121. The van der Waals surface area contributed by atoms with Crippen LogP contribution in [0, 0.1) is 5.92 Å². The molecule has 1 heterocycles. The molecule has 1 aliphatic heterocycles. The topological polar surface area (TPSA) is 44.4 Å². The van der Waals surface area contributed by atoms with Crippen LogP contribution < -0.4 is 10.6 Å². The molecule has 4 heteroatoms. The van der Waals surface area contributed by atoms with Crippen molar-refractivity contribution in [1.82, 2.24) is 15.5 Å². The molecule has 0 radical (unpaired) electrons. The maximum Gasteiger partial charge on any atom is 0.233 e. The van der Waals surface area contributed by atoms with Crippen LogP contribution in [0.2, 0.25) is 0 Å². The highest BCUT2D eigenvalue weighted by atomic mass is 16.1. The van der Waals surface area contributed by atoms with E-state index in [4.69, 9.17) is 0 Å². The molecule has 1 saturated heterocycles. The van der Waals surface area contributed by atoms with Gasteiger partial charge in [0.1, 0.15) is 0 Å². The third-order valence-electron chi connectivity index (χ3n) is 5.93. The third kappa shape index (κ3) is 5.29. The fourth-order valence-electron chi connectivity index (χ4n) is 4.43. The van der Waals surface area contributed by atoms with E-state index in [0.29, 0.717) is 18.6 Å². The fraction of sp³-hybridized carbons (Fsp3) is 0.667. The average molecular weight is 344 g/mol. The van der Waals surface area contributed by atoms with Crippen LogP contribution in [0.15, 0.2) is 30.3 Å². The van der Waals surface area contributed by atoms with Gasteiger partial charge in [-0.05, 0) is 37.2 Å². The van der Waals surface area contributed by atoms with Gasteiger partial charge >= 0.3 is 0 Å². The van der Waals surface area contributed by atoms with Gasteiger partial charge in [0.15, 0.2) is 0 Å². The fourth-order valence-corrected chi connectivity index (χ4v) is 4.43. The zero-order valence-electron chi connectivity index (χ0n) is 15.5. The molecule has 1 saturated carbocycles. The maximum atomic E-state index is 11.6. The number of rotatable bonds is 6. The van der Waals surface area contributed by atoms with Gasteiger partial charge in [0, 0.05) is 32.2 Å². The van der Waals surface area contributed by atoms with Crippen LogP contribution in [0.25, 0.3) is 0 Å². The van der Waals surface area contributed by atoms with E-state index in [2.05, 4.69) is 45.9 Å². The van der Waals surface area contributed by atoms with Crippen molar-refractivity contribution in [3.05, 3.63) is 35.9 Å². The Morgan fingerprint density at radius 1 is 1.08 bits per heavy atom. The second-order valence-electron chi connectivity index (χ2n) is 7.68. The van der Waals surface area contributed by atoms with Crippen LogP contribution in [-0.2, 0) is 4.79 Å². The Balaban J connectivity index is 1.58. The average Bonchev–Trinajstić information content (AvgIpc) is 2.68. The molecule has 1 aromatic rings. The lowest BCUT2D eigenvalue weighted by Gasteiger charge is -2.38. The quantitative estimate of drug-likeness (QED) is 0.834. The minimum Gasteiger partial charge on any atom is -0.358 e. The summed E-state index contributed by atoms with van der Waals surface area (Å²) in [5, 5.41) is 6.73. The van der Waals surface area contributed by atoms with E-state index in [-0.39, 0.29) is 5.91 Å². The second kappa shape index (κ2) is 9.35. The van der Waals surface area contributed by atoms with Crippen molar-refractivity contribution in [3.8, 4) is 0 Å². The van der Waals surface area contributed by atoms with Crippen molar-refractivity contribution < 1.29 is 4.79 Å². The predicted molar refractivity (Wildman–Crippen MR) is 102 cm³/mol. The molecule has 0 aromatic heterocycles. The Hall–Kier alpha value is -1.39. The van der Waals surface area contributed by atoms with Crippen molar-refractivity contribution in [2.24, 2.45) is 5.92 Å². The highest BCUT2D eigenvalue weighted by Crippen LogP contribution is 2.35. The first-order valence-corrected chi connectivity index (χ1v) is 10.00. The van der Waals surface area contributed by atoms with E-state index in [1.165, 1.54) is 37.7 Å². The zero-order valence-corrected chi connectivity index (χ0v) is 15.5. The minimum absolute atomic E-state index is 0.121. The molecule has 1 amide bonds. The summed E-state index contributed by atoms with van der Waals surface area (Å²) in [7, 11) is 1.71. The lowest BCUT2D eigenvalue weighted by Crippen LogP contribution is -2.47. The molecular weight excluding hydrogens is 310 g/mol. The summed E-state index contributed by atoms with van der Waals surface area (Å²) in [6.45, 7) is 2.56. The molecule has 1 unspecified atom stereocenters. The second-order valence-corrected chi connectivity index (χ2v) is 7.68. The van der Waals surface area contributed by atoms with E-state index >= 15 is 0 Å². The first-order valence-electron chi connectivity index (χ1n) is 10.00. The number of nitrogens with one attached hydrogen (secondary N) is 2. The number of amides is 1. The van der Waals surface area contributed by atoms with Crippen molar-refractivity contribution in [2.75, 3.05) is 26.7 Å². The Bertz CT molecular complexity index is 519. The maximum absolute atomic E-state index is 11.6. The Labute approximate surface area is 152 Å². The number of carbonyl (C=O) groups excluding carboxylic acids is 1. The number of likely N-dealkylation sites (N-methyl/N-ethyl adjacent to an activating group) is 1. The summed E-state index contributed by atoms with van der Waals surface area (Å²) in [5.74, 6) is 0.885. The van der Waals surface area contributed by atoms with Gasteiger partial charge in [0.2, 0.25) is 5.91 Å². The van der Waals surface area contributed by atoms with Gasteiger partial charge in [0.05, 0.1) is 6.54 Å². The van der Waals surface area contributed by atoms with Crippen molar-refractivity contribution >= 4 is 5.91 Å². The Morgan fingerprint density at radius 3 is 2.40 bits per heavy atom. The van der Waals surface area contributed by atoms with E-state index in [0.717, 1.165) is 31.8 Å². The number of hydrogen-bond donors (Lipinski definition) is 2. The highest BCUT2D eigenvalue weighted by molar-refractivity contribution is 5.77. The summed E-state index contributed by atoms with van der Waals surface area (Å²) >= 11 is 0. The lowest BCUT2D eigenvalue weighted by molar-refractivity contribution is -0.122. The van der Waals surface area contributed by atoms with E-state index in [1.54, 1.807) is 7.05 Å². The first kappa shape index (κ1) is 18.4. The molecule has 0 spiro atoms. The zero-order chi connectivity index (χ0) is 17.5. The SMILES string of the molecule is CNC(=O)CN1CCC(NC(c2ccccc2)C2CCCCC2)CC1. The number of piperidine rings is 1. The van der Waals surface area contributed by atoms with E-state index in [1.807, 2.05) is 0 Å². The van der Waals surface area contributed by atoms with E-state index < -0.39 is 0 Å². The van der Waals surface area contributed by atoms with Crippen LogP contribution in [0.4, 0.5) is 0 Å². The van der Waals surface area contributed by atoms with Crippen LogP contribution in [0.3, 0.4) is 0 Å². The predicted octanol–water partition coefficient (Wildman–Crippen LogP) is 3.11. The summed E-state index contributed by atoms with van der Waals surface area (Å²) in [6, 6.07) is 12.1. The number of hydrogen-bond acceptors (Lipinski definition) is 3. The molecule has 138 valence electrons. The van der Waals surface area contributed by atoms with Gasteiger partial charge in [-0.25, -0.2) is 0 Å². The van der Waals surface area contributed by atoms with Gasteiger partial charge in [-0.15, -0.1) is 0 Å². The number of carbonyl (C=O) groups is 1. The van der Waals surface area contributed by atoms with Gasteiger partial charge in [-0.1, -0.05) is 49.6 Å². The normalized spacial score (nSPS) is 21.8. The number of likely N-dealkylation sites (tertiary alicyclic amines) is 1. The molecule has 2 aliphatic rings. The molecule has 2 fully saturated rings. The summed E-state index contributed by atoms with van der Waals surface area (Å²) in [4.78, 5) is 13.8. The first-order chi connectivity index (χ1) is 12.3. The van der Waals surface area contributed by atoms with Gasteiger partial charge in [0.25, 0.3) is 0 Å². The lowest BCUT2D eigenvalue weighted by atomic mass is 9.80. The number of nitrogens with zero attached hydrogens (tertiary/aromatic N) is 1.